The average Bonchev–Trinajstić information content (AvgIpc) is 2.28. The summed E-state index contributed by atoms with van der Waals surface area (Å²) in [4.78, 5) is 29.2. The molecule has 1 rings (SSSR count). The molecule has 6 heteroatoms. The van der Waals surface area contributed by atoms with Crippen LogP contribution in [0.4, 0.5) is 0 Å². The maximum atomic E-state index is 11.8. The Morgan fingerprint density at radius 1 is 1.62 bits per heavy atom. The number of amidine groups is 1. The zero-order chi connectivity index (χ0) is 12.1. The number of carbonyl (C=O) groups excluding carboxylic acids is 2. The van der Waals surface area contributed by atoms with Crippen molar-refractivity contribution in [2.45, 2.75) is 25.5 Å². The van der Waals surface area contributed by atoms with Crippen LogP contribution in [0.3, 0.4) is 0 Å². The Hall–Kier alpha value is -1.04. The summed E-state index contributed by atoms with van der Waals surface area (Å²) in [6.45, 7) is 5.04. The number of nitrogens with zero attached hydrogens (tertiary/aromatic N) is 2. The fourth-order valence-corrected chi connectivity index (χ4v) is 2.75. The summed E-state index contributed by atoms with van der Waals surface area (Å²) in [5.74, 6) is -0.139. The van der Waals surface area contributed by atoms with Crippen molar-refractivity contribution in [1.29, 1.82) is 0 Å². The molecular weight excluding hydrogens is 226 g/mol. The van der Waals surface area contributed by atoms with Gasteiger partial charge >= 0.3 is 0 Å². The lowest BCUT2D eigenvalue weighted by atomic mass is 10.2. The summed E-state index contributed by atoms with van der Waals surface area (Å²) in [6, 6.07) is 0. The molecule has 0 aliphatic carbocycles. The van der Waals surface area contributed by atoms with Gasteiger partial charge in [0.25, 0.3) is 0 Å². The van der Waals surface area contributed by atoms with Crippen LogP contribution in [-0.4, -0.2) is 47.3 Å². The molecule has 1 aliphatic heterocycles. The van der Waals surface area contributed by atoms with Crippen molar-refractivity contribution in [1.82, 2.24) is 10.2 Å². The highest BCUT2D eigenvalue weighted by molar-refractivity contribution is 8.15. The van der Waals surface area contributed by atoms with Gasteiger partial charge in [-0.05, 0) is 13.8 Å². The standard InChI is InChI=1S/C10H17N3O2S/c1-4-12-10-13(5-2)8(14)6-7(16-10)9(15)11-3/h7H,4-6H2,1-3H3,(H,11,15)/t7-/m0/s1. The van der Waals surface area contributed by atoms with E-state index in [1.54, 1.807) is 11.9 Å². The van der Waals surface area contributed by atoms with Crippen molar-refractivity contribution < 1.29 is 9.59 Å². The topological polar surface area (TPSA) is 61.8 Å². The van der Waals surface area contributed by atoms with Crippen LogP contribution in [0.15, 0.2) is 4.99 Å². The minimum Gasteiger partial charge on any atom is -0.358 e. The van der Waals surface area contributed by atoms with Crippen LogP contribution >= 0.6 is 11.8 Å². The molecule has 90 valence electrons. The highest BCUT2D eigenvalue weighted by atomic mass is 32.2. The maximum Gasteiger partial charge on any atom is 0.233 e. The number of thioether (sulfide) groups is 1. The van der Waals surface area contributed by atoms with Crippen molar-refractivity contribution >= 4 is 28.7 Å². The van der Waals surface area contributed by atoms with Gasteiger partial charge in [-0.2, -0.15) is 0 Å². The monoisotopic (exact) mass is 243 g/mol. The molecule has 0 aromatic rings. The number of hydrogen-bond acceptors (Lipinski definition) is 4. The van der Waals surface area contributed by atoms with Crippen LogP contribution in [0.5, 0.6) is 0 Å². The van der Waals surface area contributed by atoms with E-state index in [1.165, 1.54) is 11.8 Å². The average molecular weight is 243 g/mol. The highest BCUT2D eigenvalue weighted by Gasteiger charge is 2.34. The quantitative estimate of drug-likeness (QED) is 0.783. The smallest absolute Gasteiger partial charge is 0.233 e. The molecule has 0 aromatic carbocycles. The first-order chi connectivity index (χ1) is 7.63. The van der Waals surface area contributed by atoms with Crippen LogP contribution in [0.25, 0.3) is 0 Å². The number of aliphatic imine (C=N–C) groups is 1. The summed E-state index contributed by atoms with van der Waals surface area (Å²) in [5, 5.41) is 2.89. The van der Waals surface area contributed by atoms with E-state index in [1.807, 2.05) is 13.8 Å². The van der Waals surface area contributed by atoms with Crippen molar-refractivity contribution in [3.8, 4) is 0 Å². The lowest BCUT2D eigenvalue weighted by molar-refractivity contribution is -0.130. The van der Waals surface area contributed by atoms with E-state index in [0.29, 0.717) is 18.3 Å². The molecule has 5 nitrogen and oxygen atoms in total. The third-order valence-electron chi connectivity index (χ3n) is 2.29. The summed E-state index contributed by atoms with van der Waals surface area (Å²) in [7, 11) is 1.58. The molecule has 0 aromatic heterocycles. The molecule has 0 bridgehead atoms. The second kappa shape index (κ2) is 5.89. The Kier molecular flexibility index (Phi) is 4.79. The third-order valence-corrected chi connectivity index (χ3v) is 3.51. The fourth-order valence-electron chi connectivity index (χ4n) is 1.48. The number of nitrogens with one attached hydrogen (secondary N) is 1. The molecule has 0 spiro atoms. The Morgan fingerprint density at radius 2 is 2.31 bits per heavy atom. The molecule has 1 heterocycles. The van der Waals surface area contributed by atoms with Gasteiger partial charge in [0.1, 0.15) is 0 Å². The Balaban J connectivity index is 2.84. The molecule has 0 radical (unpaired) electrons. The van der Waals surface area contributed by atoms with Gasteiger partial charge < -0.3 is 5.32 Å². The molecule has 1 atom stereocenters. The fraction of sp³-hybridized carbons (Fsp3) is 0.700. The van der Waals surface area contributed by atoms with Crippen molar-refractivity contribution in [3.63, 3.8) is 0 Å². The van der Waals surface area contributed by atoms with Gasteiger partial charge in [-0.1, -0.05) is 11.8 Å². The van der Waals surface area contributed by atoms with Crippen LogP contribution in [0.1, 0.15) is 20.3 Å². The first kappa shape index (κ1) is 13.0. The molecule has 0 unspecified atom stereocenters. The van der Waals surface area contributed by atoms with Gasteiger partial charge in [0.05, 0.1) is 5.25 Å². The van der Waals surface area contributed by atoms with Crippen LogP contribution in [0, 0.1) is 0 Å². The van der Waals surface area contributed by atoms with Crippen LogP contribution in [-0.2, 0) is 9.59 Å². The molecule has 16 heavy (non-hydrogen) atoms. The van der Waals surface area contributed by atoms with Gasteiger partial charge in [-0.15, -0.1) is 0 Å². The molecule has 1 fully saturated rings. The van der Waals surface area contributed by atoms with E-state index in [-0.39, 0.29) is 23.5 Å². The van der Waals surface area contributed by atoms with E-state index >= 15 is 0 Å². The molecule has 1 saturated heterocycles. The second-order valence-corrected chi connectivity index (χ2v) is 4.49. The van der Waals surface area contributed by atoms with E-state index in [2.05, 4.69) is 10.3 Å². The Labute approximate surface area is 99.7 Å². The van der Waals surface area contributed by atoms with Crippen LogP contribution < -0.4 is 5.32 Å². The first-order valence-corrected chi connectivity index (χ1v) is 6.25. The summed E-state index contributed by atoms with van der Waals surface area (Å²) >= 11 is 1.37. The number of rotatable bonds is 3. The molecular formula is C10H17N3O2S. The van der Waals surface area contributed by atoms with Crippen molar-refractivity contribution in [3.05, 3.63) is 0 Å². The normalized spacial score (nSPS) is 23.7. The predicted molar refractivity (Wildman–Crippen MR) is 65.4 cm³/mol. The first-order valence-electron chi connectivity index (χ1n) is 5.37. The van der Waals surface area contributed by atoms with E-state index < -0.39 is 0 Å². The number of amides is 2. The van der Waals surface area contributed by atoms with Crippen molar-refractivity contribution in [2.24, 2.45) is 4.99 Å². The van der Waals surface area contributed by atoms with E-state index in [4.69, 9.17) is 0 Å². The Bertz CT molecular complexity index is 317. The SMILES string of the molecule is CCN=C1S[C@H](C(=O)NC)CC(=O)N1CC. The highest BCUT2D eigenvalue weighted by Crippen LogP contribution is 2.26. The summed E-state index contributed by atoms with van der Waals surface area (Å²) < 4.78 is 0. The molecule has 1 aliphatic rings. The van der Waals surface area contributed by atoms with E-state index in [9.17, 15) is 9.59 Å². The largest absolute Gasteiger partial charge is 0.358 e. The van der Waals surface area contributed by atoms with Gasteiger partial charge in [0.15, 0.2) is 5.17 Å². The van der Waals surface area contributed by atoms with Crippen molar-refractivity contribution in [2.75, 3.05) is 20.1 Å². The second-order valence-electron chi connectivity index (χ2n) is 3.32. The maximum absolute atomic E-state index is 11.8. The van der Waals surface area contributed by atoms with Gasteiger partial charge in [-0.25, -0.2) is 0 Å². The summed E-state index contributed by atoms with van der Waals surface area (Å²) in [6.07, 6.45) is 0.251. The number of hydrogen-bond donors (Lipinski definition) is 1. The van der Waals surface area contributed by atoms with E-state index in [0.717, 1.165) is 0 Å². The number of carbonyl (C=O) groups is 2. The predicted octanol–water partition coefficient (Wildman–Crippen LogP) is 0.462. The summed E-state index contributed by atoms with van der Waals surface area (Å²) in [5.41, 5.74) is 0. The zero-order valence-corrected chi connectivity index (χ0v) is 10.6. The Morgan fingerprint density at radius 3 is 2.81 bits per heavy atom. The zero-order valence-electron chi connectivity index (χ0n) is 9.82. The minimum absolute atomic E-state index is 0.0259. The molecule has 1 N–H and O–H groups in total. The molecule has 2 amide bonds. The lowest BCUT2D eigenvalue weighted by Gasteiger charge is -2.30. The lowest BCUT2D eigenvalue weighted by Crippen LogP contribution is -2.46. The third kappa shape index (κ3) is 2.75. The van der Waals surface area contributed by atoms with Crippen LogP contribution in [0.2, 0.25) is 0 Å². The van der Waals surface area contributed by atoms with Gasteiger partial charge in [0, 0.05) is 26.6 Å². The van der Waals surface area contributed by atoms with Gasteiger partial charge in [0.2, 0.25) is 11.8 Å². The molecule has 0 saturated carbocycles. The minimum atomic E-state index is -0.342. The van der Waals surface area contributed by atoms with Gasteiger partial charge in [-0.3, -0.25) is 19.5 Å².